The van der Waals surface area contributed by atoms with Crippen LogP contribution in [0, 0.1) is 6.92 Å². The smallest absolute Gasteiger partial charge is 0.0406 e. The number of halogens is 1. The van der Waals surface area contributed by atoms with Crippen LogP contribution in [0.15, 0.2) is 48.5 Å². The molecule has 0 atom stereocenters. The molecular formula is C16H18ClN. The lowest BCUT2D eigenvalue weighted by Gasteiger charge is -2.06. The van der Waals surface area contributed by atoms with Crippen molar-refractivity contribution < 1.29 is 0 Å². The van der Waals surface area contributed by atoms with Crippen molar-refractivity contribution in [2.24, 2.45) is 0 Å². The van der Waals surface area contributed by atoms with Crippen molar-refractivity contribution in [1.29, 1.82) is 0 Å². The van der Waals surface area contributed by atoms with Gasteiger partial charge in [-0.15, -0.1) is 0 Å². The third-order valence-corrected chi connectivity index (χ3v) is 3.17. The van der Waals surface area contributed by atoms with Crippen LogP contribution < -0.4 is 5.32 Å². The van der Waals surface area contributed by atoms with Crippen LogP contribution in [0.5, 0.6) is 0 Å². The van der Waals surface area contributed by atoms with Crippen LogP contribution in [-0.4, -0.2) is 6.54 Å². The molecule has 0 bridgehead atoms. The van der Waals surface area contributed by atoms with Crippen LogP contribution in [0.25, 0.3) is 0 Å². The van der Waals surface area contributed by atoms with Crippen LogP contribution >= 0.6 is 11.6 Å². The molecule has 0 radical (unpaired) electrons. The van der Waals surface area contributed by atoms with Gasteiger partial charge in [0.2, 0.25) is 0 Å². The Morgan fingerprint density at radius 1 is 1.00 bits per heavy atom. The Hall–Kier alpha value is -1.31. The van der Waals surface area contributed by atoms with E-state index in [-0.39, 0.29) is 0 Å². The first kappa shape index (κ1) is 13.1. The molecule has 0 saturated heterocycles. The maximum Gasteiger partial charge on any atom is 0.0406 e. The molecule has 1 nitrogen and oxygen atoms in total. The number of aryl methyl sites for hydroxylation is 1. The summed E-state index contributed by atoms with van der Waals surface area (Å²) in [4.78, 5) is 0. The Bertz CT molecular complexity index is 491. The molecule has 2 aromatic carbocycles. The highest BCUT2D eigenvalue weighted by Crippen LogP contribution is 2.09. The molecule has 0 aliphatic heterocycles. The lowest BCUT2D eigenvalue weighted by atomic mass is 10.1. The topological polar surface area (TPSA) is 12.0 Å². The predicted molar refractivity (Wildman–Crippen MR) is 78.0 cm³/mol. The van der Waals surface area contributed by atoms with Gasteiger partial charge in [-0.05, 0) is 43.1 Å². The van der Waals surface area contributed by atoms with Gasteiger partial charge in [0, 0.05) is 11.6 Å². The van der Waals surface area contributed by atoms with Crippen molar-refractivity contribution in [2.75, 3.05) is 6.54 Å². The molecule has 0 aliphatic carbocycles. The van der Waals surface area contributed by atoms with Crippen molar-refractivity contribution in [1.82, 2.24) is 5.32 Å². The predicted octanol–water partition coefficient (Wildman–Crippen LogP) is 3.98. The fraction of sp³-hybridized carbons (Fsp3) is 0.250. The number of nitrogens with one attached hydrogen (secondary N) is 1. The van der Waals surface area contributed by atoms with Gasteiger partial charge in [-0.25, -0.2) is 0 Å². The molecule has 0 spiro atoms. The average molecular weight is 260 g/mol. The van der Waals surface area contributed by atoms with Gasteiger partial charge < -0.3 is 5.32 Å². The van der Waals surface area contributed by atoms with Crippen LogP contribution in [-0.2, 0) is 13.0 Å². The van der Waals surface area contributed by atoms with Crippen molar-refractivity contribution in [3.8, 4) is 0 Å². The summed E-state index contributed by atoms with van der Waals surface area (Å²) < 4.78 is 0. The van der Waals surface area contributed by atoms with E-state index in [4.69, 9.17) is 11.6 Å². The second-order valence-corrected chi connectivity index (χ2v) is 4.98. The van der Waals surface area contributed by atoms with E-state index in [9.17, 15) is 0 Å². The van der Waals surface area contributed by atoms with Crippen molar-refractivity contribution in [3.63, 3.8) is 0 Å². The van der Waals surface area contributed by atoms with Crippen molar-refractivity contribution in [3.05, 3.63) is 70.2 Å². The summed E-state index contributed by atoms with van der Waals surface area (Å²) in [7, 11) is 0. The zero-order valence-electron chi connectivity index (χ0n) is 10.6. The molecule has 2 aromatic rings. The van der Waals surface area contributed by atoms with E-state index >= 15 is 0 Å². The van der Waals surface area contributed by atoms with E-state index in [2.05, 4.69) is 48.6 Å². The molecule has 94 valence electrons. The summed E-state index contributed by atoms with van der Waals surface area (Å²) in [5, 5.41) is 4.24. The number of rotatable bonds is 5. The maximum absolute atomic E-state index is 5.85. The molecule has 2 heteroatoms. The van der Waals surface area contributed by atoms with Gasteiger partial charge in [-0.1, -0.05) is 53.6 Å². The molecule has 1 N–H and O–H groups in total. The fourth-order valence-electron chi connectivity index (χ4n) is 1.94. The van der Waals surface area contributed by atoms with Crippen LogP contribution in [0.2, 0.25) is 5.02 Å². The molecule has 0 fully saturated rings. The maximum atomic E-state index is 5.85. The zero-order chi connectivity index (χ0) is 12.8. The summed E-state index contributed by atoms with van der Waals surface area (Å²) >= 11 is 5.85. The fourth-order valence-corrected chi connectivity index (χ4v) is 2.06. The van der Waals surface area contributed by atoms with Gasteiger partial charge in [0.1, 0.15) is 0 Å². The average Bonchev–Trinajstić information content (AvgIpc) is 2.37. The monoisotopic (exact) mass is 259 g/mol. The summed E-state index contributed by atoms with van der Waals surface area (Å²) in [6.45, 7) is 4.01. The van der Waals surface area contributed by atoms with E-state index in [1.807, 2.05) is 12.1 Å². The van der Waals surface area contributed by atoms with E-state index < -0.39 is 0 Å². The summed E-state index contributed by atoms with van der Waals surface area (Å²) in [6.07, 6.45) is 1.06. The van der Waals surface area contributed by atoms with Crippen LogP contribution in [0.3, 0.4) is 0 Å². The molecule has 0 heterocycles. The molecular weight excluding hydrogens is 242 g/mol. The Morgan fingerprint density at radius 3 is 2.50 bits per heavy atom. The van der Waals surface area contributed by atoms with E-state index in [1.54, 1.807) is 0 Å². The Kier molecular flexibility index (Phi) is 4.80. The number of benzene rings is 2. The summed E-state index contributed by atoms with van der Waals surface area (Å²) in [5.74, 6) is 0. The lowest BCUT2D eigenvalue weighted by Crippen LogP contribution is -2.16. The molecule has 0 unspecified atom stereocenters. The summed E-state index contributed by atoms with van der Waals surface area (Å²) in [6, 6.07) is 16.6. The third kappa shape index (κ3) is 4.17. The van der Waals surface area contributed by atoms with Crippen molar-refractivity contribution in [2.45, 2.75) is 19.9 Å². The van der Waals surface area contributed by atoms with Crippen molar-refractivity contribution >= 4 is 11.6 Å². The highest BCUT2D eigenvalue weighted by molar-refractivity contribution is 6.30. The minimum atomic E-state index is 0.790. The molecule has 0 saturated carbocycles. The first-order chi connectivity index (χ1) is 8.74. The Morgan fingerprint density at radius 2 is 1.78 bits per heavy atom. The van der Waals surface area contributed by atoms with Gasteiger partial charge in [0.25, 0.3) is 0 Å². The second kappa shape index (κ2) is 6.58. The quantitative estimate of drug-likeness (QED) is 0.801. The number of hydrogen-bond donors (Lipinski definition) is 1. The second-order valence-electron chi connectivity index (χ2n) is 4.54. The van der Waals surface area contributed by atoms with Gasteiger partial charge in [-0.3, -0.25) is 0 Å². The van der Waals surface area contributed by atoms with Crippen LogP contribution in [0.4, 0.5) is 0 Å². The minimum absolute atomic E-state index is 0.790. The number of hydrogen-bond acceptors (Lipinski definition) is 1. The molecule has 0 aliphatic rings. The van der Waals surface area contributed by atoms with Crippen LogP contribution in [0.1, 0.15) is 16.7 Å². The first-order valence-electron chi connectivity index (χ1n) is 6.25. The third-order valence-electron chi connectivity index (χ3n) is 2.92. The van der Waals surface area contributed by atoms with Gasteiger partial charge in [-0.2, -0.15) is 0 Å². The summed E-state index contributed by atoms with van der Waals surface area (Å²) in [5.41, 5.74) is 3.98. The molecule has 2 rings (SSSR count). The molecule has 18 heavy (non-hydrogen) atoms. The van der Waals surface area contributed by atoms with E-state index in [0.717, 1.165) is 24.5 Å². The standard InChI is InChI=1S/C16H18ClN/c1-13-3-2-4-14(11-13)9-10-18-12-15-5-7-16(17)8-6-15/h2-8,11,18H,9-10,12H2,1H3. The Balaban J connectivity index is 1.74. The van der Waals surface area contributed by atoms with Gasteiger partial charge in [0.15, 0.2) is 0 Å². The van der Waals surface area contributed by atoms with Gasteiger partial charge in [0.05, 0.1) is 0 Å². The highest BCUT2D eigenvalue weighted by atomic mass is 35.5. The largest absolute Gasteiger partial charge is 0.312 e. The SMILES string of the molecule is Cc1cccc(CCNCc2ccc(Cl)cc2)c1. The first-order valence-corrected chi connectivity index (χ1v) is 6.62. The normalized spacial score (nSPS) is 10.6. The van der Waals surface area contributed by atoms with E-state index in [0.29, 0.717) is 0 Å². The minimum Gasteiger partial charge on any atom is -0.312 e. The van der Waals surface area contributed by atoms with Gasteiger partial charge >= 0.3 is 0 Å². The Labute approximate surface area is 114 Å². The molecule has 0 aromatic heterocycles. The lowest BCUT2D eigenvalue weighted by molar-refractivity contribution is 0.687. The van der Waals surface area contributed by atoms with E-state index in [1.165, 1.54) is 16.7 Å². The highest BCUT2D eigenvalue weighted by Gasteiger charge is 1.95. The molecule has 0 amide bonds. The zero-order valence-corrected chi connectivity index (χ0v) is 11.4.